The zero-order valence-corrected chi connectivity index (χ0v) is 14.0. The number of aromatic nitrogens is 1. The van der Waals surface area contributed by atoms with Gasteiger partial charge < -0.3 is 15.4 Å². The summed E-state index contributed by atoms with van der Waals surface area (Å²) in [5.41, 5.74) is 1.17. The lowest BCUT2D eigenvalue weighted by Crippen LogP contribution is -2.44. The van der Waals surface area contributed by atoms with Crippen LogP contribution in [0.2, 0.25) is 0 Å². The van der Waals surface area contributed by atoms with Gasteiger partial charge >= 0.3 is 6.03 Å². The first-order valence-corrected chi connectivity index (χ1v) is 7.78. The Morgan fingerprint density at radius 2 is 1.83 bits per heavy atom. The van der Waals surface area contributed by atoms with Crippen LogP contribution in [0.5, 0.6) is 0 Å². The zero-order valence-electron chi connectivity index (χ0n) is 14.0. The molecule has 2 amide bonds. The van der Waals surface area contributed by atoms with Crippen LogP contribution in [-0.2, 0) is 4.74 Å². The van der Waals surface area contributed by atoms with Gasteiger partial charge in [0, 0.05) is 18.9 Å². The third-order valence-electron chi connectivity index (χ3n) is 3.76. The molecule has 24 heavy (non-hydrogen) atoms. The molecule has 0 unspecified atom stereocenters. The number of rotatable bonds is 6. The van der Waals surface area contributed by atoms with Crippen molar-refractivity contribution in [3.05, 3.63) is 65.7 Å². The van der Waals surface area contributed by atoms with Crippen LogP contribution >= 0.6 is 0 Å². The van der Waals surface area contributed by atoms with Crippen LogP contribution < -0.4 is 10.6 Å². The number of carbonyl (C=O) groups excluding carboxylic acids is 1. The summed E-state index contributed by atoms with van der Waals surface area (Å²) in [6.07, 6.45) is 1.09. The van der Waals surface area contributed by atoms with Crippen LogP contribution in [0.25, 0.3) is 0 Å². The average Bonchev–Trinajstić information content (AvgIpc) is 2.57. The normalized spacial score (nSPS) is 14.5. The van der Waals surface area contributed by atoms with E-state index in [1.54, 1.807) is 31.3 Å². The van der Waals surface area contributed by atoms with Gasteiger partial charge in [0.1, 0.15) is 11.9 Å². The van der Waals surface area contributed by atoms with Crippen molar-refractivity contribution < 1.29 is 13.9 Å². The Labute approximate surface area is 141 Å². The molecule has 0 fully saturated rings. The number of hydrogen-bond donors (Lipinski definition) is 2. The minimum absolute atomic E-state index is 0.243. The van der Waals surface area contributed by atoms with Crippen molar-refractivity contribution in [2.45, 2.75) is 32.0 Å². The zero-order chi connectivity index (χ0) is 17.5. The van der Waals surface area contributed by atoms with Crippen molar-refractivity contribution in [1.82, 2.24) is 15.6 Å². The summed E-state index contributed by atoms with van der Waals surface area (Å²) in [6.45, 7) is 3.61. The standard InChI is InChI=1S/C18H22FN3O2/c1-12(16-10-6-7-11-20-16)21-18(23)22-13(2)17(24-3)14-8-4-5-9-15(14)19/h4-13,17H,1-3H3,(H2,21,22,23)/t12-,13+,17-/m0/s1. The molecule has 3 atom stereocenters. The summed E-state index contributed by atoms with van der Waals surface area (Å²) in [7, 11) is 1.49. The second kappa shape index (κ2) is 8.40. The predicted molar refractivity (Wildman–Crippen MR) is 89.9 cm³/mol. The topological polar surface area (TPSA) is 63.2 Å². The van der Waals surface area contributed by atoms with Gasteiger partial charge in [0.2, 0.25) is 0 Å². The summed E-state index contributed by atoms with van der Waals surface area (Å²) >= 11 is 0. The lowest BCUT2D eigenvalue weighted by atomic mass is 10.0. The summed E-state index contributed by atoms with van der Waals surface area (Å²) in [5, 5.41) is 5.60. The van der Waals surface area contributed by atoms with Gasteiger partial charge in [-0.25, -0.2) is 9.18 Å². The van der Waals surface area contributed by atoms with Crippen molar-refractivity contribution in [2.75, 3.05) is 7.11 Å². The minimum Gasteiger partial charge on any atom is -0.375 e. The van der Waals surface area contributed by atoms with E-state index in [4.69, 9.17) is 4.74 Å². The van der Waals surface area contributed by atoms with E-state index in [1.807, 2.05) is 25.1 Å². The van der Waals surface area contributed by atoms with Crippen molar-refractivity contribution in [3.63, 3.8) is 0 Å². The largest absolute Gasteiger partial charge is 0.375 e. The van der Waals surface area contributed by atoms with Gasteiger partial charge in [-0.3, -0.25) is 4.98 Å². The second-order valence-corrected chi connectivity index (χ2v) is 5.56. The number of pyridine rings is 1. The molecular weight excluding hydrogens is 309 g/mol. The highest BCUT2D eigenvalue weighted by molar-refractivity contribution is 5.74. The third-order valence-corrected chi connectivity index (χ3v) is 3.76. The first-order valence-electron chi connectivity index (χ1n) is 7.78. The van der Waals surface area contributed by atoms with Crippen LogP contribution in [-0.4, -0.2) is 24.2 Å². The van der Waals surface area contributed by atoms with E-state index in [1.165, 1.54) is 13.2 Å². The molecule has 0 saturated heterocycles. The molecule has 6 heteroatoms. The van der Waals surface area contributed by atoms with Gasteiger partial charge in [0.15, 0.2) is 0 Å². The molecule has 1 aromatic carbocycles. The van der Waals surface area contributed by atoms with E-state index in [9.17, 15) is 9.18 Å². The number of methoxy groups -OCH3 is 1. The molecule has 0 aliphatic heterocycles. The molecule has 1 aromatic heterocycles. The molecule has 128 valence electrons. The monoisotopic (exact) mass is 331 g/mol. The summed E-state index contributed by atoms with van der Waals surface area (Å²) < 4.78 is 19.3. The fraction of sp³-hybridized carbons (Fsp3) is 0.333. The Kier molecular flexibility index (Phi) is 6.26. The number of halogens is 1. The van der Waals surface area contributed by atoms with E-state index in [-0.39, 0.29) is 17.9 Å². The Morgan fingerprint density at radius 3 is 2.46 bits per heavy atom. The predicted octanol–water partition coefficient (Wildman–Crippen LogP) is 3.36. The Morgan fingerprint density at radius 1 is 1.12 bits per heavy atom. The smallest absolute Gasteiger partial charge is 0.315 e. The average molecular weight is 331 g/mol. The van der Waals surface area contributed by atoms with Gasteiger partial charge in [0.05, 0.1) is 17.8 Å². The maximum absolute atomic E-state index is 13.9. The molecule has 0 bridgehead atoms. The first-order chi connectivity index (χ1) is 11.5. The van der Waals surface area contributed by atoms with Gasteiger partial charge in [0.25, 0.3) is 0 Å². The van der Waals surface area contributed by atoms with E-state index in [2.05, 4.69) is 15.6 Å². The van der Waals surface area contributed by atoms with Crippen molar-refractivity contribution >= 4 is 6.03 Å². The SMILES string of the molecule is CO[C@H](c1ccccc1F)[C@@H](C)NC(=O)N[C@@H](C)c1ccccn1. The van der Waals surface area contributed by atoms with Crippen molar-refractivity contribution in [3.8, 4) is 0 Å². The lowest BCUT2D eigenvalue weighted by molar-refractivity contribution is 0.0731. The van der Waals surface area contributed by atoms with Crippen LogP contribution in [0.15, 0.2) is 48.7 Å². The van der Waals surface area contributed by atoms with Crippen LogP contribution in [0.4, 0.5) is 9.18 Å². The number of hydrogen-bond acceptors (Lipinski definition) is 3. The quantitative estimate of drug-likeness (QED) is 0.853. The summed E-state index contributed by atoms with van der Waals surface area (Å²) in [5.74, 6) is -0.361. The Bertz CT molecular complexity index is 666. The van der Waals surface area contributed by atoms with Gasteiger partial charge in [-0.05, 0) is 32.0 Å². The summed E-state index contributed by atoms with van der Waals surface area (Å²) in [6, 6.07) is 10.9. The van der Waals surface area contributed by atoms with E-state index in [0.29, 0.717) is 5.56 Å². The molecule has 2 aromatic rings. The van der Waals surface area contributed by atoms with Crippen LogP contribution in [0, 0.1) is 5.82 Å². The number of benzene rings is 1. The molecule has 0 aliphatic rings. The fourth-order valence-corrected chi connectivity index (χ4v) is 2.53. The number of carbonyl (C=O) groups is 1. The summed E-state index contributed by atoms with van der Waals surface area (Å²) in [4.78, 5) is 16.4. The number of nitrogens with zero attached hydrogens (tertiary/aromatic N) is 1. The molecule has 2 rings (SSSR count). The number of amides is 2. The molecule has 5 nitrogen and oxygen atoms in total. The van der Waals surface area contributed by atoms with Gasteiger partial charge in [-0.2, -0.15) is 0 Å². The van der Waals surface area contributed by atoms with E-state index >= 15 is 0 Å². The number of ether oxygens (including phenoxy) is 1. The second-order valence-electron chi connectivity index (χ2n) is 5.56. The molecule has 1 heterocycles. The highest BCUT2D eigenvalue weighted by Gasteiger charge is 2.23. The maximum Gasteiger partial charge on any atom is 0.315 e. The Hall–Kier alpha value is -2.47. The Balaban J connectivity index is 1.98. The molecular formula is C18H22FN3O2. The van der Waals surface area contributed by atoms with Crippen molar-refractivity contribution in [2.24, 2.45) is 0 Å². The van der Waals surface area contributed by atoms with Crippen LogP contribution in [0.1, 0.15) is 37.3 Å². The lowest BCUT2D eigenvalue weighted by Gasteiger charge is -2.25. The molecule has 2 N–H and O–H groups in total. The van der Waals surface area contributed by atoms with Crippen LogP contribution in [0.3, 0.4) is 0 Å². The first kappa shape index (κ1) is 17.9. The third kappa shape index (κ3) is 4.52. The van der Waals surface area contributed by atoms with Gasteiger partial charge in [-0.1, -0.05) is 24.3 Å². The van der Waals surface area contributed by atoms with Gasteiger partial charge in [-0.15, -0.1) is 0 Å². The maximum atomic E-state index is 13.9. The highest BCUT2D eigenvalue weighted by Crippen LogP contribution is 2.23. The molecule has 0 aliphatic carbocycles. The van der Waals surface area contributed by atoms with Crippen molar-refractivity contribution in [1.29, 1.82) is 0 Å². The molecule has 0 radical (unpaired) electrons. The minimum atomic E-state index is -0.581. The number of urea groups is 1. The van der Waals surface area contributed by atoms with E-state index in [0.717, 1.165) is 5.69 Å². The number of nitrogens with one attached hydrogen (secondary N) is 2. The molecule has 0 spiro atoms. The highest BCUT2D eigenvalue weighted by atomic mass is 19.1. The van der Waals surface area contributed by atoms with E-state index < -0.39 is 12.1 Å². The molecule has 0 saturated carbocycles. The fourth-order valence-electron chi connectivity index (χ4n) is 2.53.